The number of para-hydroxylation sites is 1. The molecule has 3 aromatic rings. The van der Waals surface area contributed by atoms with Crippen LogP contribution in [0.1, 0.15) is 35.1 Å². The highest BCUT2D eigenvalue weighted by Gasteiger charge is 2.42. The molecule has 34 heavy (non-hydrogen) atoms. The van der Waals surface area contributed by atoms with Crippen LogP contribution in [-0.4, -0.2) is 34.9 Å². The molecule has 3 aromatic carbocycles. The van der Waals surface area contributed by atoms with Crippen molar-refractivity contribution in [2.24, 2.45) is 0 Å². The summed E-state index contributed by atoms with van der Waals surface area (Å²) < 4.78 is 45.4. The van der Waals surface area contributed by atoms with Gasteiger partial charge in [-0.05, 0) is 67.3 Å². The molecule has 0 amide bonds. The molecule has 0 radical (unpaired) electrons. The molecule has 1 atom stereocenters. The zero-order valence-corrected chi connectivity index (χ0v) is 19.1. The van der Waals surface area contributed by atoms with Crippen molar-refractivity contribution in [2.75, 3.05) is 7.11 Å². The number of ether oxygens (including phenoxy) is 1. The van der Waals surface area contributed by atoms with Gasteiger partial charge in [-0.25, -0.2) is 0 Å². The van der Waals surface area contributed by atoms with E-state index in [-0.39, 0.29) is 33.1 Å². The van der Waals surface area contributed by atoms with E-state index >= 15 is 0 Å². The van der Waals surface area contributed by atoms with Crippen molar-refractivity contribution >= 4 is 6.29 Å². The summed E-state index contributed by atoms with van der Waals surface area (Å²) in [4.78, 5) is 8.81. The number of phenols is 3. The van der Waals surface area contributed by atoms with Gasteiger partial charge in [-0.2, -0.15) is 13.2 Å². The topological polar surface area (TPSA) is 87.0 Å². The number of hydrogen-bond donors (Lipinski definition) is 3. The number of aldehydes is 1. The van der Waals surface area contributed by atoms with Crippen LogP contribution in [0.15, 0.2) is 60.7 Å². The van der Waals surface area contributed by atoms with Crippen LogP contribution in [-0.2, 0) is 4.79 Å². The molecule has 0 aliphatic heterocycles. The second-order valence-electron chi connectivity index (χ2n) is 6.97. The Balaban J connectivity index is 0.000000755. The first-order valence-corrected chi connectivity index (χ1v) is 9.83. The van der Waals surface area contributed by atoms with Crippen LogP contribution in [0.4, 0.5) is 17.9 Å². The van der Waals surface area contributed by atoms with Crippen molar-refractivity contribution in [3.63, 3.8) is 0 Å². The number of phenolic OH excluding ortho intramolecular Hbond substituents is 3. The molecule has 3 N–H and O–H groups in total. The van der Waals surface area contributed by atoms with Gasteiger partial charge in [0.2, 0.25) is 0 Å². The van der Waals surface area contributed by atoms with Gasteiger partial charge in [0.05, 0.1) is 7.11 Å². The lowest BCUT2D eigenvalue weighted by molar-refractivity contribution is -0.141. The first-order valence-electron chi connectivity index (χ1n) is 9.83. The van der Waals surface area contributed by atoms with Crippen LogP contribution in [0.5, 0.6) is 23.0 Å². The van der Waals surface area contributed by atoms with Crippen LogP contribution in [0.2, 0.25) is 0 Å². The average molecular weight is 484 g/mol. The van der Waals surface area contributed by atoms with Gasteiger partial charge in [-0.15, -0.1) is 0 Å². The quantitative estimate of drug-likeness (QED) is 0.306. The highest BCUT2D eigenvalue weighted by molar-refractivity contribution is 5.47. The summed E-state index contributed by atoms with van der Waals surface area (Å²) >= 11 is 0. The summed E-state index contributed by atoms with van der Waals surface area (Å²) in [5, 5.41) is 27.9. The molecule has 0 heterocycles. The number of benzene rings is 3. The number of aromatic hydroxyl groups is 3. The van der Waals surface area contributed by atoms with Gasteiger partial charge in [0, 0.05) is 0 Å². The van der Waals surface area contributed by atoms with Gasteiger partial charge in [-0.3, -0.25) is 4.70 Å². The first-order chi connectivity index (χ1) is 15.5. The number of carbonyl (C=O) groups excluding carboxylic acids is 1. The number of aryl methyl sites for hydroxylation is 2. The smallest absolute Gasteiger partial charge is 0.399 e. The molecular weight excluding hydrogens is 456 g/mol. The zero-order chi connectivity index (χ0) is 25.2. The van der Waals surface area contributed by atoms with Crippen molar-refractivity contribution in [3.05, 3.63) is 82.9 Å². The molecule has 0 bridgehead atoms. The fraction of sp³-hybridized carbons (Fsp3) is 0.240. The lowest BCUT2D eigenvalue weighted by atomic mass is 9.89. The normalized spacial score (nSPS) is 10.9. The zero-order valence-electron chi connectivity index (χ0n) is 19.1. The van der Waals surface area contributed by atoms with Gasteiger partial charge < -0.3 is 24.9 Å². The fourth-order valence-corrected chi connectivity index (χ4v) is 2.87. The monoisotopic (exact) mass is 484 g/mol. The van der Waals surface area contributed by atoms with Gasteiger partial charge in [0.25, 0.3) is 0 Å². The van der Waals surface area contributed by atoms with E-state index in [0.29, 0.717) is 11.3 Å². The van der Waals surface area contributed by atoms with E-state index in [1.54, 1.807) is 6.07 Å². The van der Waals surface area contributed by atoms with Gasteiger partial charge in [0.1, 0.15) is 23.7 Å². The SMILES string of the molecule is CC=O.COc1cc(C(c2ccc(O)c(C)c2)C(F)(F)F)ccc1O.Cc1ccccc1O.F. The van der Waals surface area contributed by atoms with E-state index in [9.17, 15) is 23.4 Å². The highest BCUT2D eigenvalue weighted by Crippen LogP contribution is 2.43. The summed E-state index contributed by atoms with van der Waals surface area (Å²) in [6.45, 7) is 4.85. The Morgan fingerprint density at radius 2 is 1.29 bits per heavy atom. The third-order valence-electron chi connectivity index (χ3n) is 4.53. The number of rotatable bonds is 3. The van der Waals surface area contributed by atoms with Crippen molar-refractivity contribution < 1.29 is 42.7 Å². The number of methoxy groups -OCH3 is 1. The second kappa shape index (κ2) is 13.7. The Morgan fingerprint density at radius 3 is 1.71 bits per heavy atom. The third kappa shape index (κ3) is 8.65. The Bertz CT molecular complexity index is 1030. The molecule has 9 heteroatoms. The van der Waals surface area contributed by atoms with Crippen molar-refractivity contribution in [1.82, 2.24) is 0 Å². The lowest BCUT2D eigenvalue weighted by Crippen LogP contribution is -2.22. The van der Waals surface area contributed by atoms with E-state index in [1.165, 1.54) is 51.3 Å². The van der Waals surface area contributed by atoms with E-state index in [1.807, 2.05) is 25.1 Å². The maximum absolute atomic E-state index is 13.5. The molecule has 0 saturated carbocycles. The molecule has 1 unspecified atom stereocenters. The Hall–Kier alpha value is -3.75. The largest absolute Gasteiger partial charge is 0.508 e. The minimum Gasteiger partial charge on any atom is -0.508 e. The summed E-state index contributed by atoms with van der Waals surface area (Å²) in [6.07, 6.45) is -3.77. The predicted octanol–water partition coefficient (Wildman–Crippen LogP) is 6.17. The minimum atomic E-state index is -4.52. The van der Waals surface area contributed by atoms with E-state index in [4.69, 9.17) is 14.6 Å². The Kier molecular flexibility index (Phi) is 12.2. The molecule has 3 rings (SSSR count). The Morgan fingerprint density at radius 1 is 0.824 bits per heavy atom. The average Bonchev–Trinajstić information content (AvgIpc) is 2.74. The van der Waals surface area contributed by atoms with E-state index < -0.39 is 12.1 Å². The molecule has 5 nitrogen and oxygen atoms in total. The van der Waals surface area contributed by atoms with Crippen molar-refractivity contribution in [2.45, 2.75) is 32.9 Å². The predicted molar refractivity (Wildman–Crippen MR) is 122 cm³/mol. The number of alkyl halides is 3. The van der Waals surface area contributed by atoms with Gasteiger partial charge in [0.15, 0.2) is 11.5 Å². The van der Waals surface area contributed by atoms with Crippen LogP contribution in [0.3, 0.4) is 0 Å². The standard InChI is InChI=1S/C16H15F3O3.C7H8O.C2H4O.FH/c1-9-7-10(3-5-12(9)20)15(16(17,18)19)11-4-6-13(21)14(8-11)22-2;1-6-4-2-3-5-7(6)8;1-2-3;/h3-8,15,20-21H,1-2H3;2-5,8H,1H3;2H,1H3;1H. The van der Waals surface area contributed by atoms with Gasteiger partial charge in [-0.1, -0.05) is 36.4 Å². The maximum atomic E-state index is 13.5. The molecular formula is C25H28F4O5. The Labute approximate surface area is 195 Å². The molecule has 0 aliphatic rings. The summed E-state index contributed by atoms with van der Waals surface area (Å²) in [5.41, 5.74) is 1.24. The third-order valence-corrected chi connectivity index (χ3v) is 4.53. The molecule has 0 spiro atoms. The fourth-order valence-electron chi connectivity index (χ4n) is 2.87. The second-order valence-corrected chi connectivity index (χ2v) is 6.97. The number of hydrogen-bond acceptors (Lipinski definition) is 5. The van der Waals surface area contributed by atoms with Crippen LogP contribution in [0.25, 0.3) is 0 Å². The molecule has 0 aliphatic carbocycles. The van der Waals surface area contributed by atoms with Crippen molar-refractivity contribution in [3.8, 4) is 23.0 Å². The molecule has 0 fully saturated rings. The van der Waals surface area contributed by atoms with Crippen LogP contribution < -0.4 is 4.74 Å². The maximum Gasteiger partial charge on any atom is 0.399 e. The van der Waals surface area contributed by atoms with E-state index in [2.05, 4.69) is 0 Å². The van der Waals surface area contributed by atoms with Crippen LogP contribution >= 0.6 is 0 Å². The lowest BCUT2D eigenvalue weighted by Gasteiger charge is -2.22. The van der Waals surface area contributed by atoms with Crippen LogP contribution in [0, 0.1) is 13.8 Å². The number of carbonyl (C=O) groups is 1. The first kappa shape index (κ1) is 30.2. The molecule has 0 aromatic heterocycles. The van der Waals surface area contributed by atoms with Gasteiger partial charge >= 0.3 is 6.18 Å². The summed E-state index contributed by atoms with van der Waals surface area (Å²) in [5.74, 6) is -1.82. The van der Waals surface area contributed by atoms with E-state index in [0.717, 1.165) is 17.9 Å². The van der Waals surface area contributed by atoms with Crippen molar-refractivity contribution in [1.29, 1.82) is 0 Å². The summed E-state index contributed by atoms with van der Waals surface area (Å²) in [7, 11) is 1.27. The highest BCUT2D eigenvalue weighted by atomic mass is 19.4. The minimum absolute atomic E-state index is 0. The number of halogens is 4. The summed E-state index contributed by atoms with van der Waals surface area (Å²) in [6, 6.07) is 14.6. The molecule has 0 saturated heterocycles. The molecule has 186 valence electrons.